The Morgan fingerprint density at radius 3 is 2.60 bits per heavy atom. The molecule has 25 heavy (non-hydrogen) atoms. The number of halogens is 1. The number of nitrogens with zero attached hydrogens (tertiary/aromatic N) is 2. The maximum atomic E-state index is 13.8. The lowest BCUT2D eigenvalue weighted by atomic mass is 9.92. The van der Waals surface area contributed by atoms with Crippen LogP contribution in [0.25, 0.3) is 0 Å². The number of nitro groups is 1. The molecule has 6 nitrogen and oxygen atoms in total. The highest BCUT2D eigenvalue weighted by molar-refractivity contribution is 5.95. The van der Waals surface area contributed by atoms with Gasteiger partial charge in [-0.1, -0.05) is 13.8 Å². The van der Waals surface area contributed by atoms with Crippen LogP contribution in [0.1, 0.15) is 42.6 Å². The summed E-state index contributed by atoms with van der Waals surface area (Å²) in [5.74, 6) is 0.155. The van der Waals surface area contributed by atoms with Gasteiger partial charge in [0.25, 0.3) is 11.6 Å². The maximum Gasteiger partial charge on any atom is 0.276 e. The van der Waals surface area contributed by atoms with Gasteiger partial charge in [0, 0.05) is 31.3 Å². The molecule has 1 aliphatic heterocycles. The number of carbonyl (C=O) groups is 1. The first-order valence-electron chi connectivity index (χ1n) is 8.73. The van der Waals surface area contributed by atoms with Crippen LogP contribution in [0.2, 0.25) is 0 Å². The standard InChI is InChI=1S/C18H26FN3O3/c1-12-7-13(2)11-21(10-12)6-4-5-20-18(23)15-8-16(19)14(3)17(9-15)22(24)25/h8-9,12-13H,4-7,10-11H2,1-3H3,(H,20,23). The van der Waals surface area contributed by atoms with E-state index in [0.717, 1.165) is 38.2 Å². The van der Waals surface area contributed by atoms with Crippen LogP contribution in [-0.2, 0) is 0 Å². The number of likely N-dealkylation sites (tertiary alicyclic amines) is 1. The number of hydrogen-bond acceptors (Lipinski definition) is 4. The van der Waals surface area contributed by atoms with Gasteiger partial charge in [0.2, 0.25) is 0 Å². The zero-order valence-electron chi connectivity index (χ0n) is 15.0. The summed E-state index contributed by atoms with van der Waals surface area (Å²) >= 11 is 0. The van der Waals surface area contributed by atoms with E-state index in [0.29, 0.717) is 18.4 Å². The molecule has 7 heteroatoms. The Hall–Kier alpha value is -2.02. The minimum atomic E-state index is -0.740. The third kappa shape index (κ3) is 5.22. The number of carbonyl (C=O) groups excluding carboxylic acids is 1. The van der Waals surface area contributed by atoms with Gasteiger partial charge in [0.15, 0.2) is 0 Å². The van der Waals surface area contributed by atoms with Gasteiger partial charge < -0.3 is 10.2 Å². The fraction of sp³-hybridized carbons (Fsp3) is 0.611. The van der Waals surface area contributed by atoms with Crippen LogP contribution in [0.15, 0.2) is 12.1 Å². The van der Waals surface area contributed by atoms with E-state index < -0.39 is 16.6 Å². The Bertz CT molecular complexity index is 641. The highest BCUT2D eigenvalue weighted by Gasteiger charge is 2.22. The smallest absolute Gasteiger partial charge is 0.276 e. The number of rotatable bonds is 6. The van der Waals surface area contributed by atoms with Gasteiger partial charge in [0.1, 0.15) is 5.82 Å². The minimum Gasteiger partial charge on any atom is -0.352 e. The molecule has 1 aromatic carbocycles. The van der Waals surface area contributed by atoms with Crippen LogP contribution in [0.4, 0.5) is 10.1 Å². The normalized spacial score (nSPS) is 21.1. The van der Waals surface area contributed by atoms with E-state index in [-0.39, 0.29) is 16.8 Å². The molecule has 138 valence electrons. The van der Waals surface area contributed by atoms with Gasteiger partial charge in [0.05, 0.1) is 10.5 Å². The molecule has 1 saturated heterocycles. The van der Waals surface area contributed by atoms with Gasteiger partial charge >= 0.3 is 0 Å². The Morgan fingerprint density at radius 2 is 2.00 bits per heavy atom. The summed E-state index contributed by atoms with van der Waals surface area (Å²) in [4.78, 5) is 24.8. The molecule has 0 aliphatic carbocycles. The molecule has 0 radical (unpaired) electrons. The second kappa shape index (κ2) is 8.38. The zero-order valence-corrected chi connectivity index (χ0v) is 15.0. The van der Waals surface area contributed by atoms with Gasteiger partial charge in [-0.25, -0.2) is 4.39 Å². The largest absolute Gasteiger partial charge is 0.352 e. The Labute approximate surface area is 147 Å². The van der Waals surface area contributed by atoms with Crippen molar-refractivity contribution in [3.8, 4) is 0 Å². The fourth-order valence-corrected chi connectivity index (χ4v) is 3.57. The molecule has 0 spiro atoms. The first kappa shape index (κ1) is 19.3. The fourth-order valence-electron chi connectivity index (χ4n) is 3.57. The van der Waals surface area contributed by atoms with Crippen molar-refractivity contribution in [1.82, 2.24) is 10.2 Å². The molecular weight excluding hydrogens is 325 g/mol. The topological polar surface area (TPSA) is 75.5 Å². The van der Waals surface area contributed by atoms with Crippen LogP contribution in [0, 0.1) is 34.7 Å². The van der Waals surface area contributed by atoms with Gasteiger partial charge in [-0.05, 0) is 44.2 Å². The Balaban J connectivity index is 1.85. The predicted molar refractivity (Wildman–Crippen MR) is 94.1 cm³/mol. The van der Waals surface area contributed by atoms with Crippen molar-refractivity contribution in [2.24, 2.45) is 11.8 Å². The molecular formula is C18H26FN3O3. The highest BCUT2D eigenvalue weighted by atomic mass is 19.1. The minimum absolute atomic E-state index is 0.0185. The van der Waals surface area contributed by atoms with Crippen LogP contribution >= 0.6 is 0 Å². The monoisotopic (exact) mass is 351 g/mol. The summed E-state index contributed by atoms with van der Waals surface area (Å²) in [5.41, 5.74) is -0.452. The van der Waals surface area contributed by atoms with E-state index in [1.807, 2.05) is 0 Å². The number of hydrogen-bond donors (Lipinski definition) is 1. The summed E-state index contributed by atoms with van der Waals surface area (Å²) in [7, 11) is 0. The van der Waals surface area contributed by atoms with Crippen LogP contribution in [0.3, 0.4) is 0 Å². The number of benzene rings is 1. The van der Waals surface area contributed by atoms with Crippen LogP contribution in [-0.4, -0.2) is 41.9 Å². The molecule has 1 aliphatic rings. The first-order chi connectivity index (χ1) is 11.8. The number of amides is 1. The molecule has 1 amide bonds. The van der Waals surface area contributed by atoms with E-state index in [1.54, 1.807) is 0 Å². The third-order valence-corrected chi connectivity index (χ3v) is 4.66. The molecule has 2 atom stereocenters. The molecule has 2 rings (SSSR count). The van der Waals surface area contributed by atoms with E-state index in [1.165, 1.54) is 13.3 Å². The maximum absolute atomic E-state index is 13.8. The van der Waals surface area contributed by atoms with Crippen molar-refractivity contribution in [2.75, 3.05) is 26.2 Å². The summed E-state index contributed by atoms with van der Waals surface area (Å²) in [6.45, 7) is 9.35. The van der Waals surface area contributed by atoms with Crippen molar-refractivity contribution in [2.45, 2.75) is 33.6 Å². The Morgan fingerprint density at radius 1 is 1.36 bits per heavy atom. The molecule has 0 saturated carbocycles. The van der Waals surface area contributed by atoms with Crippen LogP contribution in [0.5, 0.6) is 0 Å². The molecule has 0 aromatic heterocycles. The number of nitro benzene ring substituents is 1. The average molecular weight is 351 g/mol. The van der Waals surface area contributed by atoms with Crippen molar-refractivity contribution in [1.29, 1.82) is 0 Å². The molecule has 2 unspecified atom stereocenters. The molecule has 1 fully saturated rings. The molecule has 1 heterocycles. The SMILES string of the molecule is Cc1c(F)cc(C(=O)NCCCN2CC(C)CC(C)C2)cc1[N+](=O)[O-]. The second-order valence-electron chi connectivity index (χ2n) is 7.17. The summed E-state index contributed by atoms with van der Waals surface area (Å²) in [6, 6.07) is 2.17. The summed E-state index contributed by atoms with van der Waals surface area (Å²) in [5, 5.41) is 13.7. The third-order valence-electron chi connectivity index (χ3n) is 4.66. The lowest BCUT2D eigenvalue weighted by molar-refractivity contribution is -0.385. The predicted octanol–water partition coefficient (Wildman–Crippen LogP) is 3.14. The highest BCUT2D eigenvalue weighted by Crippen LogP contribution is 2.23. The van der Waals surface area contributed by atoms with E-state index in [4.69, 9.17) is 0 Å². The van der Waals surface area contributed by atoms with Crippen molar-refractivity contribution in [3.05, 3.63) is 39.2 Å². The van der Waals surface area contributed by atoms with Gasteiger partial charge in [-0.15, -0.1) is 0 Å². The molecule has 1 aromatic rings. The van der Waals surface area contributed by atoms with E-state index in [2.05, 4.69) is 24.1 Å². The second-order valence-corrected chi connectivity index (χ2v) is 7.17. The first-order valence-corrected chi connectivity index (χ1v) is 8.73. The van der Waals surface area contributed by atoms with Crippen molar-refractivity contribution >= 4 is 11.6 Å². The Kier molecular flexibility index (Phi) is 6.47. The summed E-state index contributed by atoms with van der Waals surface area (Å²) in [6.07, 6.45) is 2.05. The van der Waals surface area contributed by atoms with E-state index in [9.17, 15) is 19.3 Å². The lowest BCUT2D eigenvalue weighted by Crippen LogP contribution is -2.40. The zero-order chi connectivity index (χ0) is 18.6. The van der Waals surface area contributed by atoms with Crippen molar-refractivity contribution in [3.63, 3.8) is 0 Å². The number of nitrogens with one attached hydrogen (secondary N) is 1. The number of piperidine rings is 1. The van der Waals surface area contributed by atoms with Gasteiger partial charge in [-0.3, -0.25) is 14.9 Å². The van der Waals surface area contributed by atoms with Crippen molar-refractivity contribution < 1.29 is 14.1 Å². The lowest BCUT2D eigenvalue weighted by Gasteiger charge is -2.34. The quantitative estimate of drug-likeness (QED) is 0.485. The average Bonchev–Trinajstić information content (AvgIpc) is 2.52. The van der Waals surface area contributed by atoms with Crippen LogP contribution < -0.4 is 5.32 Å². The molecule has 1 N–H and O–H groups in total. The summed E-state index contributed by atoms with van der Waals surface area (Å²) < 4.78 is 13.8. The van der Waals surface area contributed by atoms with E-state index >= 15 is 0 Å². The van der Waals surface area contributed by atoms with Gasteiger partial charge in [-0.2, -0.15) is 0 Å². The molecule has 0 bridgehead atoms.